The van der Waals surface area contributed by atoms with Crippen molar-refractivity contribution in [3.63, 3.8) is 0 Å². The molecule has 1 heteroatoms. The molecule has 1 aromatic heterocycles. The van der Waals surface area contributed by atoms with E-state index in [1.54, 1.807) is 0 Å². The number of rotatable bonds is 4. The SMILES string of the molecule is [2H]c1c([2H])c([2H])c(-c2c3ccccc3c(-c3cc(-c4ccccc4)c4oc5ccc(-c6ccc7ccccc7c6)cc5c4c3)c3ccccc23)c([2H])c1[2H]. The Kier molecular flexibility index (Phi) is 5.20. The van der Waals surface area contributed by atoms with Gasteiger partial charge in [-0.05, 0) is 102 Å². The largest absolute Gasteiger partial charge is 0.455 e. The molecule has 0 aliphatic rings. The first-order valence-electron chi connectivity index (χ1n) is 18.9. The minimum Gasteiger partial charge on any atom is -0.455 e. The van der Waals surface area contributed by atoms with Gasteiger partial charge in [-0.15, -0.1) is 0 Å². The van der Waals surface area contributed by atoms with Crippen molar-refractivity contribution in [3.05, 3.63) is 182 Å². The van der Waals surface area contributed by atoms with Crippen LogP contribution in [-0.2, 0) is 0 Å². The molecule has 0 saturated carbocycles. The van der Waals surface area contributed by atoms with Crippen LogP contribution in [0.15, 0.2) is 186 Å². The average molecular weight is 628 g/mol. The van der Waals surface area contributed by atoms with Crippen LogP contribution in [0, 0.1) is 0 Å². The fraction of sp³-hybridized carbons (Fsp3) is 0. The Labute approximate surface area is 291 Å². The zero-order valence-corrected chi connectivity index (χ0v) is 26.3. The summed E-state index contributed by atoms with van der Waals surface area (Å²) >= 11 is 0. The Morgan fingerprint density at radius 2 is 0.939 bits per heavy atom. The van der Waals surface area contributed by atoms with Crippen LogP contribution >= 0.6 is 0 Å². The summed E-state index contributed by atoms with van der Waals surface area (Å²) in [6, 6.07) is 50.5. The third-order valence-electron chi connectivity index (χ3n) is 9.71. The van der Waals surface area contributed by atoms with Crippen molar-refractivity contribution >= 4 is 54.3 Å². The molecule has 0 atom stereocenters. The molecule has 0 amide bonds. The van der Waals surface area contributed by atoms with E-state index in [2.05, 4.69) is 97.1 Å². The van der Waals surface area contributed by atoms with E-state index in [4.69, 9.17) is 11.3 Å². The van der Waals surface area contributed by atoms with Gasteiger partial charge in [0.15, 0.2) is 0 Å². The first-order chi connectivity index (χ1) is 26.4. The highest BCUT2D eigenvalue weighted by Crippen LogP contribution is 2.47. The molecular weight excluding hydrogens is 593 g/mol. The average Bonchev–Trinajstić information content (AvgIpc) is 3.59. The molecule has 1 heterocycles. The molecule has 0 radical (unpaired) electrons. The fourth-order valence-electron chi connectivity index (χ4n) is 7.49. The van der Waals surface area contributed by atoms with Gasteiger partial charge >= 0.3 is 0 Å². The van der Waals surface area contributed by atoms with E-state index >= 15 is 0 Å². The number of hydrogen-bond acceptors (Lipinski definition) is 1. The summed E-state index contributed by atoms with van der Waals surface area (Å²) in [6.07, 6.45) is 0. The predicted molar refractivity (Wildman–Crippen MR) is 208 cm³/mol. The Hall–Kier alpha value is -6.44. The molecule has 10 rings (SSSR count). The Morgan fingerprint density at radius 3 is 1.65 bits per heavy atom. The zero-order valence-electron chi connectivity index (χ0n) is 31.3. The van der Waals surface area contributed by atoms with Gasteiger partial charge < -0.3 is 4.42 Å². The molecule has 49 heavy (non-hydrogen) atoms. The fourth-order valence-corrected chi connectivity index (χ4v) is 7.49. The van der Waals surface area contributed by atoms with Crippen LogP contribution in [0.5, 0.6) is 0 Å². The minimum atomic E-state index is -0.406. The van der Waals surface area contributed by atoms with E-state index in [1.807, 2.05) is 54.6 Å². The van der Waals surface area contributed by atoms with E-state index in [1.165, 1.54) is 10.8 Å². The smallest absolute Gasteiger partial charge is 0.143 e. The molecule has 0 aliphatic carbocycles. The van der Waals surface area contributed by atoms with Crippen LogP contribution in [0.2, 0.25) is 0 Å². The van der Waals surface area contributed by atoms with Gasteiger partial charge in [0.05, 0.1) is 6.85 Å². The molecule has 0 aliphatic heterocycles. The third-order valence-corrected chi connectivity index (χ3v) is 9.71. The molecule has 0 N–H and O–H groups in total. The predicted octanol–water partition coefficient (Wildman–Crippen LogP) is 13.7. The summed E-state index contributed by atoms with van der Waals surface area (Å²) < 4.78 is 49.9. The molecule has 0 unspecified atom stereocenters. The molecule has 0 fully saturated rings. The van der Waals surface area contributed by atoms with Gasteiger partial charge in [-0.1, -0.05) is 152 Å². The quantitative estimate of drug-likeness (QED) is 0.177. The minimum absolute atomic E-state index is 0.197. The normalized spacial score (nSPS) is 13.1. The van der Waals surface area contributed by atoms with E-state index < -0.39 is 6.04 Å². The highest BCUT2D eigenvalue weighted by Gasteiger charge is 2.20. The molecule has 0 saturated heterocycles. The Balaban J connectivity index is 1.30. The van der Waals surface area contributed by atoms with E-state index in [0.29, 0.717) is 5.56 Å². The highest BCUT2D eigenvalue weighted by molar-refractivity contribution is 6.23. The summed E-state index contributed by atoms with van der Waals surface area (Å²) in [5.41, 5.74) is 8.64. The number of fused-ring (bicyclic) bond motifs is 6. The van der Waals surface area contributed by atoms with Gasteiger partial charge in [0.2, 0.25) is 0 Å². The Bertz CT molecular complexity index is 3080. The number of benzene rings is 9. The second-order valence-corrected chi connectivity index (χ2v) is 12.5. The van der Waals surface area contributed by atoms with Gasteiger partial charge in [-0.2, -0.15) is 0 Å². The zero-order chi connectivity index (χ0) is 36.7. The third kappa shape index (κ3) is 4.47. The van der Waals surface area contributed by atoms with E-state index in [-0.39, 0.29) is 29.7 Å². The maximum atomic E-state index is 8.95. The topological polar surface area (TPSA) is 13.1 Å². The van der Waals surface area contributed by atoms with Crippen LogP contribution in [0.1, 0.15) is 6.85 Å². The van der Waals surface area contributed by atoms with Crippen LogP contribution in [-0.4, -0.2) is 0 Å². The lowest BCUT2D eigenvalue weighted by Crippen LogP contribution is -1.91. The standard InChI is InChI=1S/C48H30O/c1-3-14-32(15-4-1)42-29-37(47-40-21-11-9-19-38(40)46(33-16-5-2-6-17-33)39-20-10-12-22-41(39)47)30-44-43-28-36(25-26-45(43)49-48(42)44)35-24-23-31-13-7-8-18-34(31)27-35/h1-30H/i2D,5D,6D,16D,17D. The van der Waals surface area contributed by atoms with E-state index in [0.717, 1.165) is 76.9 Å². The van der Waals surface area contributed by atoms with Gasteiger partial charge in [-0.25, -0.2) is 0 Å². The van der Waals surface area contributed by atoms with Crippen molar-refractivity contribution in [1.82, 2.24) is 0 Å². The lowest BCUT2D eigenvalue weighted by Gasteiger charge is -2.18. The van der Waals surface area contributed by atoms with Gasteiger partial charge in [-0.3, -0.25) is 0 Å². The van der Waals surface area contributed by atoms with Crippen molar-refractivity contribution in [2.75, 3.05) is 0 Å². The van der Waals surface area contributed by atoms with Crippen LogP contribution in [0.4, 0.5) is 0 Å². The van der Waals surface area contributed by atoms with Crippen molar-refractivity contribution in [1.29, 1.82) is 0 Å². The molecule has 1 nitrogen and oxygen atoms in total. The molecule has 10 aromatic rings. The van der Waals surface area contributed by atoms with Crippen molar-refractivity contribution in [2.45, 2.75) is 0 Å². The molecule has 228 valence electrons. The monoisotopic (exact) mass is 627 g/mol. The Morgan fingerprint density at radius 1 is 0.367 bits per heavy atom. The summed E-state index contributed by atoms with van der Waals surface area (Å²) in [6.45, 7) is 0. The maximum absolute atomic E-state index is 8.95. The molecule has 0 spiro atoms. The lowest BCUT2D eigenvalue weighted by atomic mass is 9.85. The lowest BCUT2D eigenvalue weighted by molar-refractivity contribution is 0.670. The summed E-state index contributed by atoms with van der Waals surface area (Å²) in [5, 5.41) is 7.84. The van der Waals surface area contributed by atoms with Crippen LogP contribution in [0.25, 0.3) is 98.8 Å². The first-order valence-corrected chi connectivity index (χ1v) is 16.4. The van der Waals surface area contributed by atoms with Gasteiger partial charge in [0.1, 0.15) is 11.2 Å². The molecule has 9 aromatic carbocycles. The van der Waals surface area contributed by atoms with Crippen LogP contribution in [0.3, 0.4) is 0 Å². The summed E-state index contributed by atoms with van der Waals surface area (Å²) in [5.74, 6) is 0. The van der Waals surface area contributed by atoms with Crippen LogP contribution < -0.4 is 0 Å². The maximum Gasteiger partial charge on any atom is 0.143 e. The number of hydrogen-bond donors (Lipinski definition) is 0. The summed E-state index contributed by atoms with van der Waals surface area (Å²) in [7, 11) is 0. The van der Waals surface area contributed by atoms with Gasteiger partial charge in [0.25, 0.3) is 0 Å². The highest BCUT2D eigenvalue weighted by atomic mass is 16.3. The van der Waals surface area contributed by atoms with Crippen molar-refractivity contribution < 1.29 is 11.3 Å². The second-order valence-electron chi connectivity index (χ2n) is 12.5. The summed E-state index contributed by atoms with van der Waals surface area (Å²) in [4.78, 5) is 0. The number of furan rings is 1. The second kappa shape index (κ2) is 11.1. The van der Waals surface area contributed by atoms with Crippen molar-refractivity contribution in [2.24, 2.45) is 0 Å². The van der Waals surface area contributed by atoms with Gasteiger partial charge in [0, 0.05) is 16.3 Å². The van der Waals surface area contributed by atoms with Crippen molar-refractivity contribution in [3.8, 4) is 44.5 Å². The first kappa shape index (κ1) is 23.0. The van der Waals surface area contributed by atoms with E-state index in [9.17, 15) is 0 Å². The molecule has 0 bridgehead atoms. The molecular formula is C48H30O.